The number of amides is 1. The van der Waals surface area contributed by atoms with Gasteiger partial charge in [-0.3, -0.25) is 4.79 Å². The molecule has 2 aromatic carbocycles. The first kappa shape index (κ1) is 18.9. The Balaban J connectivity index is 1.43. The Bertz CT molecular complexity index is 993. The monoisotopic (exact) mass is 393 g/mol. The summed E-state index contributed by atoms with van der Waals surface area (Å²) in [6.45, 7) is 8.63. The van der Waals surface area contributed by atoms with Crippen LogP contribution in [0.3, 0.4) is 0 Å². The molecule has 1 aromatic heterocycles. The lowest BCUT2D eigenvalue weighted by Crippen LogP contribution is -2.42. The highest BCUT2D eigenvalue weighted by molar-refractivity contribution is 7.22. The van der Waals surface area contributed by atoms with E-state index < -0.39 is 0 Å². The van der Waals surface area contributed by atoms with Crippen LogP contribution in [0.15, 0.2) is 36.4 Å². The first-order chi connectivity index (χ1) is 13.5. The molecule has 146 valence electrons. The van der Waals surface area contributed by atoms with Crippen molar-refractivity contribution in [1.29, 1.82) is 0 Å². The van der Waals surface area contributed by atoms with E-state index in [0.717, 1.165) is 42.1 Å². The average Bonchev–Trinajstić information content (AvgIpc) is 3.12. The SMILES string of the molecule is Cc1ccc(CNC(=O)[C@@H]2CCCN(c3nc4c(C)cc(C)cc4s3)C2)cc1. The largest absolute Gasteiger partial charge is 0.352 e. The number of aryl methyl sites for hydroxylation is 3. The number of hydrogen-bond donors (Lipinski definition) is 1. The van der Waals surface area contributed by atoms with E-state index in [4.69, 9.17) is 4.98 Å². The number of nitrogens with one attached hydrogen (secondary N) is 1. The number of hydrogen-bond acceptors (Lipinski definition) is 4. The number of anilines is 1. The van der Waals surface area contributed by atoms with Crippen molar-refractivity contribution in [3.05, 3.63) is 58.7 Å². The van der Waals surface area contributed by atoms with E-state index in [0.29, 0.717) is 6.54 Å². The maximum absolute atomic E-state index is 12.7. The molecule has 4 rings (SSSR count). The molecule has 3 aromatic rings. The van der Waals surface area contributed by atoms with Crippen molar-refractivity contribution in [3.63, 3.8) is 0 Å². The number of carbonyl (C=O) groups is 1. The third-order valence-electron chi connectivity index (χ3n) is 5.47. The number of fused-ring (bicyclic) bond motifs is 1. The summed E-state index contributed by atoms with van der Waals surface area (Å²) in [7, 11) is 0. The second kappa shape index (κ2) is 7.92. The van der Waals surface area contributed by atoms with Crippen LogP contribution in [-0.2, 0) is 11.3 Å². The van der Waals surface area contributed by atoms with Crippen LogP contribution in [-0.4, -0.2) is 24.0 Å². The van der Waals surface area contributed by atoms with E-state index in [2.05, 4.69) is 67.4 Å². The van der Waals surface area contributed by atoms with Crippen LogP contribution >= 0.6 is 11.3 Å². The van der Waals surface area contributed by atoms with Gasteiger partial charge in [0.2, 0.25) is 5.91 Å². The molecular formula is C23H27N3OS. The lowest BCUT2D eigenvalue weighted by molar-refractivity contribution is -0.125. The molecule has 1 saturated heterocycles. The molecule has 0 bridgehead atoms. The first-order valence-corrected chi connectivity index (χ1v) is 10.8. The Labute approximate surface area is 170 Å². The smallest absolute Gasteiger partial charge is 0.225 e. The molecule has 1 amide bonds. The van der Waals surface area contributed by atoms with Gasteiger partial charge in [-0.2, -0.15) is 0 Å². The second-order valence-corrected chi connectivity index (χ2v) is 8.92. The molecule has 0 spiro atoms. The fraction of sp³-hybridized carbons (Fsp3) is 0.391. The number of carbonyl (C=O) groups excluding carboxylic acids is 1. The molecule has 0 saturated carbocycles. The molecule has 1 fully saturated rings. The van der Waals surface area contributed by atoms with Gasteiger partial charge in [-0.1, -0.05) is 47.2 Å². The predicted octanol–water partition coefficient (Wildman–Crippen LogP) is 4.75. The number of rotatable bonds is 4. The first-order valence-electron chi connectivity index (χ1n) is 9.95. The molecule has 28 heavy (non-hydrogen) atoms. The number of benzene rings is 2. The van der Waals surface area contributed by atoms with Crippen LogP contribution < -0.4 is 10.2 Å². The number of thiazole rings is 1. The Kier molecular flexibility index (Phi) is 5.36. The summed E-state index contributed by atoms with van der Waals surface area (Å²) in [5.41, 5.74) is 5.97. The zero-order valence-corrected chi connectivity index (χ0v) is 17.6. The highest BCUT2D eigenvalue weighted by atomic mass is 32.1. The third kappa shape index (κ3) is 4.04. The maximum atomic E-state index is 12.7. The van der Waals surface area contributed by atoms with Crippen LogP contribution in [0.2, 0.25) is 0 Å². The zero-order chi connectivity index (χ0) is 19.7. The molecule has 2 heterocycles. The summed E-state index contributed by atoms with van der Waals surface area (Å²) in [5.74, 6) is 0.174. The molecule has 1 atom stereocenters. The van der Waals surface area contributed by atoms with Gasteiger partial charge in [0.1, 0.15) is 0 Å². The molecule has 0 radical (unpaired) electrons. The number of piperidine rings is 1. The molecule has 4 nitrogen and oxygen atoms in total. The van der Waals surface area contributed by atoms with Crippen molar-refractivity contribution in [3.8, 4) is 0 Å². The van der Waals surface area contributed by atoms with Crippen molar-refractivity contribution in [2.24, 2.45) is 5.92 Å². The summed E-state index contributed by atoms with van der Waals surface area (Å²) in [6, 6.07) is 12.7. The summed E-state index contributed by atoms with van der Waals surface area (Å²) in [5, 5.41) is 4.16. The van der Waals surface area contributed by atoms with E-state index in [1.807, 2.05) is 0 Å². The van der Waals surface area contributed by atoms with E-state index in [1.54, 1.807) is 11.3 Å². The Morgan fingerprint density at radius 3 is 2.75 bits per heavy atom. The van der Waals surface area contributed by atoms with Crippen molar-refractivity contribution >= 4 is 32.6 Å². The van der Waals surface area contributed by atoms with Crippen LogP contribution in [0.1, 0.15) is 35.1 Å². The molecule has 5 heteroatoms. The zero-order valence-electron chi connectivity index (χ0n) is 16.8. The lowest BCUT2D eigenvalue weighted by Gasteiger charge is -2.31. The molecule has 0 aliphatic carbocycles. The fourth-order valence-electron chi connectivity index (χ4n) is 3.90. The van der Waals surface area contributed by atoms with Crippen molar-refractivity contribution in [2.45, 2.75) is 40.2 Å². The minimum atomic E-state index is 0.0223. The number of aromatic nitrogens is 1. The van der Waals surface area contributed by atoms with Gasteiger partial charge in [-0.15, -0.1) is 0 Å². The van der Waals surface area contributed by atoms with Crippen LogP contribution in [0.5, 0.6) is 0 Å². The highest BCUT2D eigenvalue weighted by Crippen LogP contribution is 2.33. The molecular weight excluding hydrogens is 366 g/mol. The average molecular weight is 394 g/mol. The normalized spacial score (nSPS) is 17.1. The van der Waals surface area contributed by atoms with Gasteiger partial charge in [0.05, 0.1) is 16.1 Å². The summed E-state index contributed by atoms with van der Waals surface area (Å²) in [4.78, 5) is 19.9. The van der Waals surface area contributed by atoms with Crippen LogP contribution in [0, 0.1) is 26.7 Å². The van der Waals surface area contributed by atoms with Gasteiger partial charge < -0.3 is 10.2 Å². The summed E-state index contributed by atoms with van der Waals surface area (Å²) >= 11 is 1.74. The van der Waals surface area contributed by atoms with Gasteiger partial charge in [0.25, 0.3) is 0 Å². The van der Waals surface area contributed by atoms with E-state index in [-0.39, 0.29) is 11.8 Å². The van der Waals surface area contributed by atoms with Gasteiger partial charge >= 0.3 is 0 Å². The van der Waals surface area contributed by atoms with Crippen molar-refractivity contribution in [1.82, 2.24) is 10.3 Å². The van der Waals surface area contributed by atoms with Gasteiger partial charge in [0, 0.05) is 19.6 Å². The van der Waals surface area contributed by atoms with Crippen molar-refractivity contribution < 1.29 is 4.79 Å². The fourth-order valence-corrected chi connectivity index (χ4v) is 5.08. The van der Waals surface area contributed by atoms with Gasteiger partial charge in [-0.25, -0.2) is 4.98 Å². The van der Waals surface area contributed by atoms with Gasteiger partial charge in [0.15, 0.2) is 5.13 Å². The molecule has 1 aliphatic heterocycles. The van der Waals surface area contributed by atoms with Crippen LogP contribution in [0.4, 0.5) is 5.13 Å². The maximum Gasteiger partial charge on any atom is 0.225 e. The summed E-state index contributed by atoms with van der Waals surface area (Å²) in [6.07, 6.45) is 1.97. The van der Waals surface area contributed by atoms with Crippen molar-refractivity contribution in [2.75, 3.05) is 18.0 Å². The minimum Gasteiger partial charge on any atom is -0.352 e. The van der Waals surface area contributed by atoms with Gasteiger partial charge in [-0.05, 0) is 56.4 Å². The van der Waals surface area contributed by atoms with E-state index in [1.165, 1.54) is 21.4 Å². The Morgan fingerprint density at radius 2 is 1.96 bits per heavy atom. The second-order valence-electron chi connectivity index (χ2n) is 7.91. The highest BCUT2D eigenvalue weighted by Gasteiger charge is 2.27. The lowest BCUT2D eigenvalue weighted by atomic mass is 9.97. The Hall–Kier alpha value is -2.40. The Morgan fingerprint density at radius 1 is 1.18 bits per heavy atom. The third-order valence-corrected chi connectivity index (χ3v) is 6.53. The molecule has 1 aliphatic rings. The molecule has 1 N–H and O–H groups in total. The van der Waals surface area contributed by atoms with E-state index >= 15 is 0 Å². The molecule has 0 unspecified atom stereocenters. The number of nitrogens with zero attached hydrogens (tertiary/aromatic N) is 2. The van der Waals surface area contributed by atoms with E-state index in [9.17, 15) is 4.79 Å². The standard InChI is InChI=1S/C23H27N3OS/c1-15-6-8-18(9-7-15)13-24-22(27)19-5-4-10-26(14-19)23-25-21-17(3)11-16(2)12-20(21)28-23/h6-9,11-12,19H,4-5,10,13-14H2,1-3H3,(H,24,27)/t19-/m1/s1. The summed E-state index contributed by atoms with van der Waals surface area (Å²) < 4.78 is 1.23. The predicted molar refractivity (Wildman–Crippen MR) is 117 cm³/mol. The quantitative estimate of drug-likeness (QED) is 0.695. The topological polar surface area (TPSA) is 45.2 Å². The minimum absolute atomic E-state index is 0.0223. The van der Waals surface area contributed by atoms with Crippen LogP contribution in [0.25, 0.3) is 10.2 Å².